The van der Waals surface area contributed by atoms with Gasteiger partial charge in [0, 0.05) is 22.7 Å². The molecule has 4 rings (SSSR count). The van der Waals surface area contributed by atoms with Crippen molar-refractivity contribution in [3.63, 3.8) is 0 Å². The van der Waals surface area contributed by atoms with Crippen molar-refractivity contribution >= 4 is 28.8 Å². The molecule has 2 aromatic rings. The fourth-order valence-electron chi connectivity index (χ4n) is 3.73. The van der Waals surface area contributed by atoms with E-state index in [0.29, 0.717) is 15.5 Å². The fourth-order valence-corrected chi connectivity index (χ4v) is 4.54. The number of hydrogen-bond donors (Lipinski definition) is 1. The molecule has 0 radical (unpaired) electrons. The first-order valence-corrected chi connectivity index (χ1v) is 10.4. The van der Waals surface area contributed by atoms with Crippen molar-refractivity contribution < 1.29 is 32.2 Å². The third-order valence-corrected chi connectivity index (χ3v) is 6.04. The molecule has 0 unspecified atom stereocenters. The number of benzene rings is 1. The number of ether oxygens (including phenoxy) is 2. The molecule has 160 valence electrons. The van der Waals surface area contributed by atoms with Gasteiger partial charge in [-0.1, -0.05) is 18.9 Å². The Balaban J connectivity index is 1.76. The molecule has 0 saturated heterocycles. The van der Waals surface area contributed by atoms with E-state index in [1.165, 1.54) is 18.2 Å². The second-order valence-electron chi connectivity index (χ2n) is 7.12. The molecule has 10 heteroatoms. The van der Waals surface area contributed by atoms with Gasteiger partial charge in [-0.15, -0.1) is 11.3 Å². The average Bonchev–Trinajstić information content (AvgIpc) is 3.46. The van der Waals surface area contributed by atoms with Gasteiger partial charge in [-0.05, 0) is 36.4 Å². The molecule has 1 aliphatic carbocycles. The lowest BCUT2D eigenvalue weighted by molar-refractivity contribution is -0.171. The monoisotopic (exact) mass is 440 g/mol. The van der Waals surface area contributed by atoms with Crippen molar-refractivity contribution in [2.24, 2.45) is 0 Å². The number of alkyl halides is 3. The molecule has 1 saturated carbocycles. The van der Waals surface area contributed by atoms with Crippen LogP contribution in [0.1, 0.15) is 36.6 Å². The minimum Gasteiger partial charge on any atom is -0.454 e. The summed E-state index contributed by atoms with van der Waals surface area (Å²) in [5, 5.41) is 4.48. The molecule has 2 heterocycles. The van der Waals surface area contributed by atoms with Gasteiger partial charge in [0.05, 0.1) is 0 Å². The molecule has 2 aliphatic rings. The Morgan fingerprint density at radius 1 is 1.13 bits per heavy atom. The normalized spacial score (nSPS) is 17.0. The third kappa shape index (κ3) is 4.09. The topological polar surface area (TPSA) is 67.9 Å². The molecule has 2 amide bonds. The summed E-state index contributed by atoms with van der Waals surface area (Å²) in [5.41, 5.74) is -0.0958. The highest BCUT2D eigenvalue weighted by atomic mass is 32.1. The van der Waals surface area contributed by atoms with Crippen molar-refractivity contribution in [3.05, 3.63) is 40.6 Å². The summed E-state index contributed by atoms with van der Waals surface area (Å²) in [6.45, 7) is -0.0669. The minimum absolute atomic E-state index is 0.0669. The number of hydrogen-bond acceptors (Lipinski definition) is 5. The van der Waals surface area contributed by atoms with Crippen LogP contribution in [0.3, 0.4) is 0 Å². The summed E-state index contributed by atoms with van der Waals surface area (Å²) < 4.78 is 51.1. The average molecular weight is 440 g/mol. The molecule has 1 atom stereocenters. The fraction of sp³-hybridized carbons (Fsp3) is 0.400. The van der Waals surface area contributed by atoms with Crippen molar-refractivity contribution in [2.45, 2.75) is 43.9 Å². The summed E-state index contributed by atoms with van der Waals surface area (Å²) in [7, 11) is 0. The van der Waals surface area contributed by atoms with E-state index in [0.717, 1.165) is 37.0 Å². The molecule has 30 heavy (non-hydrogen) atoms. The second-order valence-corrected chi connectivity index (χ2v) is 8.10. The van der Waals surface area contributed by atoms with Crippen molar-refractivity contribution in [2.75, 3.05) is 11.7 Å². The van der Waals surface area contributed by atoms with Crippen LogP contribution in [-0.4, -0.2) is 30.8 Å². The lowest BCUT2D eigenvalue weighted by Gasteiger charge is -2.32. The number of carbonyl (C=O) groups excluding carboxylic acids is 2. The van der Waals surface area contributed by atoms with E-state index in [1.807, 2.05) is 0 Å². The van der Waals surface area contributed by atoms with Crippen molar-refractivity contribution in [1.29, 1.82) is 0 Å². The highest BCUT2D eigenvalue weighted by molar-refractivity contribution is 7.10. The van der Waals surface area contributed by atoms with Crippen LogP contribution in [0.2, 0.25) is 0 Å². The molecular formula is C20H19F3N2O4S. The number of carbonyl (C=O) groups is 2. The molecular weight excluding hydrogens is 421 g/mol. The van der Waals surface area contributed by atoms with E-state index in [2.05, 4.69) is 5.32 Å². The van der Waals surface area contributed by atoms with Gasteiger partial charge in [-0.3, -0.25) is 14.5 Å². The van der Waals surface area contributed by atoms with E-state index in [-0.39, 0.29) is 24.3 Å². The van der Waals surface area contributed by atoms with Crippen LogP contribution >= 0.6 is 11.3 Å². The van der Waals surface area contributed by atoms with Crippen molar-refractivity contribution in [3.8, 4) is 11.5 Å². The first-order valence-electron chi connectivity index (χ1n) is 9.48. The summed E-state index contributed by atoms with van der Waals surface area (Å²) in [6.07, 6.45) is -1.75. The minimum atomic E-state index is -5.17. The van der Waals surface area contributed by atoms with Gasteiger partial charge in [0.15, 0.2) is 17.5 Å². The molecule has 6 nitrogen and oxygen atoms in total. The largest absolute Gasteiger partial charge is 0.471 e. The number of nitrogens with one attached hydrogen (secondary N) is 1. The van der Waals surface area contributed by atoms with E-state index >= 15 is 0 Å². The first kappa shape index (κ1) is 20.5. The van der Waals surface area contributed by atoms with Gasteiger partial charge in [0.2, 0.25) is 12.7 Å². The predicted octanol–water partition coefficient (Wildman–Crippen LogP) is 4.17. The van der Waals surface area contributed by atoms with Crippen LogP contribution in [-0.2, 0) is 9.59 Å². The number of nitrogens with zero attached hydrogens (tertiary/aromatic N) is 1. The Kier molecular flexibility index (Phi) is 5.59. The highest BCUT2D eigenvalue weighted by Crippen LogP contribution is 2.40. The maximum atomic E-state index is 13.6. The molecule has 1 aromatic heterocycles. The quantitative estimate of drug-likeness (QED) is 0.758. The van der Waals surface area contributed by atoms with Gasteiger partial charge in [-0.25, -0.2) is 0 Å². The number of fused-ring (bicyclic) bond motifs is 1. The van der Waals surface area contributed by atoms with Gasteiger partial charge < -0.3 is 14.8 Å². The van der Waals surface area contributed by atoms with Crippen LogP contribution < -0.4 is 19.7 Å². The summed E-state index contributed by atoms with van der Waals surface area (Å²) in [4.78, 5) is 26.5. The Hall–Kier alpha value is -2.75. The van der Waals surface area contributed by atoms with Crippen molar-refractivity contribution in [1.82, 2.24) is 5.32 Å². The lowest BCUT2D eigenvalue weighted by Crippen LogP contribution is -2.50. The van der Waals surface area contributed by atoms with E-state index in [1.54, 1.807) is 17.5 Å². The summed E-state index contributed by atoms with van der Waals surface area (Å²) in [5.74, 6) is -2.18. The summed E-state index contributed by atoms with van der Waals surface area (Å²) in [6, 6.07) is 5.64. The van der Waals surface area contributed by atoms with Crippen LogP contribution in [0.4, 0.5) is 18.9 Å². The van der Waals surface area contributed by atoms with Crippen LogP contribution in [0.5, 0.6) is 11.5 Å². The second kappa shape index (κ2) is 8.17. The molecule has 1 aliphatic heterocycles. The third-order valence-electron chi connectivity index (χ3n) is 5.12. The van der Waals surface area contributed by atoms with Crippen LogP contribution in [0.15, 0.2) is 35.7 Å². The first-order chi connectivity index (χ1) is 14.3. The molecule has 0 bridgehead atoms. The number of rotatable bonds is 5. The Morgan fingerprint density at radius 3 is 2.53 bits per heavy atom. The Bertz CT molecular complexity index is 927. The maximum Gasteiger partial charge on any atom is 0.471 e. The lowest BCUT2D eigenvalue weighted by atomic mass is 10.1. The van der Waals surface area contributed by atoms with Crippen LogP contribution in [0.25, 0.3) is 0 Å². The summed E-state index contributed by atoms with van der Waals surface area (Å²) >= 11 is 1.12. The molecule has 0 spiro atoms. The Labute approximate surface area is 174 Å². The number of anilines is 1. The molecule has 1 fully saturated rings. The van der Waals surface area contributed by atoms with Gasteiger partial charge in [0.1, 0.15) is 0 Å². The van der Waals surface area contributed by atoms with E-state index < -0.39 is 24.0 Å². The van der Waals surface area contributed by atoms with E-state index in [4.69, 9.17) is 9.47 Å². The number of thiophene rings is 1. The van der Waals surface area contributed by atoms with Gasteiger partial charge in [0.25, 0.3) is 0 Å². The number of halogens is 3. The predicted molar refractivity (Wildman–Crippen MR) is 104 cm³/mol. The number of amides is 2. The smallest absolute Gasteiger partial charge is 0.454 e. The zero-order valence-corrected chi connectivity index (χ0v) is 16.6. The Morgan fingerprint density at radius 2 is 1.87 bits per heavy atom. The zero-order valence-electron chi connectivity index (χ0n) is 15.8. The zero-order chi connectivity index (χ0) is 21.3. The molecule has 1 N–H and O–H groups in total. The standard InChI is InChI=1S/C20H19F3N2O4S/c21-20(22,23)19(27)25(13-7-8-14-15(10-13)29-11-28-14)17(16-6-3-9-30-16)18(26)24-12-4-1-2-5-12/h3,6-10,12,17H,1-2,4-5,11H2,(H,24,26)/t17-/m0/s1. The molecule has 1 aromatic carbocycles. The van der Waals surface area contributed by atoms with Gasteiger partial charge in [-0.2, -0.15) is 13.2 Å². The maximum absolute atomic E-state index is 13.6. The van der Waals surface area contributed by atoms with Gasteiger partial charge >= 0.3 is 12.1 Å². The highest BCUT2D eigenvalue weighted by Gasteiger charge is 2.48. The van der Waals surface area contributed by atoms with E-state index in [9.17, 15) is 22.8 Å². The van der Waals surface area contributed by atoms with Crippen LogP contribution in [0, 0.1) is 0 Å². The SMILES string of the molecule is O=C(NC1CCCC1)[C@H](c1cccs1)N(C(=O)C(F)(F)F)c1ccc2c(c1)OCO2.